The monoisotopic (exact) mass is 346 g/mol. The maximum absolute atomic E-state index is 14.2. The lowest BCUT2D eigenvalue weighted by Crippen LogP contribution is -2.25. The molecule has 1 aliphatic rings. The second kappa shape index (κ2) is 6.47. The molecule has 0 saturated heterocycles. The highest BCUT2D eigenvalue weighted by molar-refractivity contribution is 5.93. The van der Waals surface area contributed by atoms with Crippen molar-refractivity contribution >= 4 is 5.97 Å². The molecule has 25 heavy (non-hydrogen) atoms. The molecular formula is C20H20F2O3. The van der Waals surface area contributed by atoms with Gasteiger partial charge in [-0.1, -0.05) is 26.2 Å². The number of rotatable bonds is 3. The maximum Gasteiger partial charge on any atom is 0.339 e. The Morgan fingerprint density at radius 1 is 1.08 bits per heavy atom. The number of hydrogen-bond donors (Lipinski definition) is 2. The fourth-order valence-electron chi connectivity index (χ4n) is 3.74. The van der Waals surface area contributed by atoms with E-state index in [0.717, 1.165) is 44.2 Å². The van der Waals surface area contributed by atoms with Gasteiger partial charge >= 0.3 is 5.97 Å². The summed E-state index contributed by atoms with van der Waals surface area (Å²) in [5.74, 6) is -2.99. The van der Waals surface area contributed by atoms with E-state index in [1.165, 1.54) is 12.1 Å². The summed E-state index contributed by atoms with van der Waals surface area (Å²) in [5.41, 5.74) is 0.340. The zero-order valence-electron chi connectivity index (χ0n) is 14.0. The number of benzene rings is 2. The van der Waals surface area contributed by atoms with E-state index in [-0.39, 0.29) is 22.3 Å². The van der Waals surface area contributed by atoms with Gasteiger partial charge in [0.2, 0.25) is 0 Å². The molecule has 3 nitrogen and oxygen atoms in total. The van der Waals surface area contributed by atoms with Crippen LogP contribution in [0.25, 0.3) is 11.1 Å². The summed E-state index contributed by atoms with van der Waals surface area (Å²) >= 11 is 0. The van der Waals surface area contributed by atoms with E-state index < -0.39 is 17.6 Å². The average Bonchev–Trinajstić information content (AvgIpc) is 2.55. The van der Waals surface area contributed by atoms with Gasteiger partial charge in [0.25, 0.3) is 0 Å². The molecule has 0 bridgehead atoms. The van der Waals surface area contributed by atoms with Gasteiger partial charge in [-0.25, -0.2) is 13.6 Å². The maximum atomic E-state index is 14.2. The molecule has 3 rings (SSSR count). The third kappa shape index (κ3) is 3.23. The molecule has 0 spiro atoms. The van der Waals surface area contributed by atoms with Gasteiger partial charge in [-0.3, -0.25) is 0 Å². The highest BCUT2D eigenvalue weighted by Gasteiger charge is 2.33. The number of halogens is 2. The molecule has 2 aromatic carbocycles. The van der Waals surface area contributed by atoms with Crippen LogP contribution in [0.3, 0.4) is 0 Å². The third-order valence-electron chi connectivity index (χ3n) is 5.19. The molecule has 5 heteroatoms. The predicted molar refractivity (Wildman–Crippen MR) is 90.9 cm³/mol. The number of carboxylic acid groups (broad SMARTS) is 1. The van der Waals surface area contributed by atoms with Crippen molar-refractivity contribution in [2.24, 2.45) is 0 Å². The zero-order chi connectivity index (χ0) is 18.2. The van der Waals surface area contributed by atoms with E-state index in [9.17, 15) is 23.8 Å². The Kier molecular flexibility index (Phi) is 4.50. The van der Waals surface area contributed by atoms with E-state index in [4.69, 9.17) is 0 Å². The fraction of sp³-hybridized carbons (Fsp3) is 0.350. The lowest BCUT2D eigenvalue weighted by atomic mass is 9.70. The van der Waals surface area contributed by atoms with Gasteiger partial charge in [-0.05, 0) is 48.1 Å². The molecule has 0 radical (unpaired) electrons. The van der Waals surface area contributed by atoms with Gasteiger partial charge in [0.05, 0.1) is 0 Å². The number of aromatic carboxylic acids is 1. The van der Waals surface area contributed by atoms with E-state index in [0.29, 0.717) is 11.1 Å². The molecule has 1 saturated carbocycles. The number of carbonyl (C=O) groups is 1. The van der Waals surface area contributed by atoms with E-state index in [1.807, 2.05) is 6.92 Å². The first-order chi connectivity index (χ1) is 11.8. The van der Waals surface area contributed by atoms with Crippen LogP contribution >= 0.6 is 0 Å². The quantitative estimate of drug-likeness (QED) is 0.797. The molecule has 0 aromatic heterocycles. The molecule has 0 aliphatic heterocycles. The van der Waals surface area contributed by atoms with Crippen molar-refractivity contribution in [1.29, 1.82) is 0 Å². The number of aromatic hydroxyl groups is 1. The second-order valence-electron chi connectivity index (χ2n) is 6.97. The van der Waals surface area contributed by atoms with Crippen LogP contribution < -0.4 is 0 Å². The van der Waals surface area contributed by atoms with Crippen LogP contribution in [0.4, 0.5) is 8.78 Å². The van der Waals surface area contributed by atoms with Crippen LogP contribution in [0.15, 0.2) is 30.3 Å². The molecule has 0 atom stereocenters. The minimum absolute atomic E-state index is 0.115. The van der Waals surface area contributed by atoms with Gasteiger partial charge in [-0.15, -0.1) is 0 Å². The summed E-state index contributed by atoms with van der Waals surface area (Å²) in [6.07, 6.45) is 4.75. The minimum Gasteiger partial charge on any atom is -0.507 e. The molecule has 0 heterocycles. The number of phenols is 1. The van der Waals surface area contributed by atoms with Crippen LogP contribution in [0.1, 0.15) is 54.9 Å². The molecule has 0 unspecified atom stereocenters. The Labute approximate surface area is 144 Å². The van der Waals surface area contributed by atoms with Crippen molar-refractivity contribution in [2.75, 3.05) is 0 Å². The Morgan fingerprint density at radius 2 is 1.76 bits per heavy atom. The van der Waals surface area contributed by atoms with Crippen LogP contribution in [0, 0.1) is 11.6 Å². The van der Waals surface area contributed by atoms with Crippen LogP contribution in [0.5, 0.6) is 5.75 Å². The summed E-state index contributed by atoms with van der Waals surface area (Å²) < 4.78 is 27.4. The van der Waals surface area contributed by atoms with Gasteiger partial charge in [-0.2, -0.15) is 0 Å². The van der Waals surface area contributed by atoms with Crippen molar-refractivity contribution in [3.05, 3.63) is 53.1 Å². The molecule has 2 N–H and O–H groups in total. The Balaban J connectivity index is 2.22. The highest BCUT2D eigenvalue weighted by atomic mass is 19.1. The van der Waals surface area contributed by atoms with Gasteiger partial charge in [0.1, 0.15) is 22.9 Å². The molecular weight excluding hydrogens is 326 g/mol. The summed E-state index contributed by atoms with van der Waals surface area (Å²) in [4.78, 5) is 11.6. The first kappa shape index (κ1) is 17.4. The lowest BCUT2D eigenvalue weighted by molar-refractivity contribution is 0.0693. The van der Waals surface area contributed by atoms with Crippen molar-refractivity contribution in [3.63, 3.8) is 0 Å². The Hall–Kier alpha value is -2.43. The zero-order valence-corrected chi connectivity index (χ0v) is 14.0. The van der Waals surface area contributed by atoms with Crippen molar-refractivity contribution in [1.82, 2.24) is 0 Å². The standard InChI is InChI=1S/C20H20F2O3/c1-20(7-3-2-4-8-20)16-10-12(9-15(18(16)23)19(24)25)14-6-5-13(21)11-17(14)22/h5-6,9-11,23H,2-4,7-8H2,1H3,(H,24,25). The molecule has 132 valence electrons. The molecule has 1 aliphatic carbocycles. The van der Waals surface area contributed by atoms with Gasteiger partial charge in [0, 0.05) is 17.2 Å². The predicted octanol–water partition coefficient (Wildman–Crippen LogP) is 5.26. The van der Waals surface area contributed by atoms with E-state index >= 15 is 0 Å². The van der Waals surface area contributed by atoms with Crippen LogP contribution in [-0.4, -0.2) is 16.2 Å². The first-order valence-electron chi connectivity index (χ1n) is 8.38. The fourth-order valence-corrected chi connectivity index (χ4v) is 3.74. The van der Waals surface area contributed by atoms with Crippen molar-refractivity contribution in [3.8, 4) is 16.9 Å². The average molecular weight is 346 g/mol. The molecule has 2 aromatic rings. The summed E-state index contributed by atoms with van der Waals surface area (Å²) in [6, 6.07) is 6.07. The lowest BCUT2D eigenvalue weighted by Gasteiger charge is -2.35. The largest absolute Gasteiger partial charge is 0.507 e. The smallest absolute Gasteiger partial charge is 0.339 e. The summed E-state index contributed by atoms with van der Waals surface area (Å²) in [5, 5.41) is 20.0. The van der Waals surface area contributed by atoms with Crippen LogP contribution in [0.2, 0.25) is 0 Å². The minimum atomic E-state index is -1.28. The SMILES string of the molecule is CC1(c2cc(-c3ccc(F)cc3F)cc(C(=O)O)c2O)CCCCC1. The Morgan fingerprint density at radius 3 is 2.36 bits per heavy atom. The second-order valence-corrected chi connectivity index (χ2v) is 6.97. The van der Waals surface area contributed by atoms with E-state index in [1.54, 1.807) is 6.07 Å². The topological polar surface area (TPSA) is 57.5 Å². The highest BCUT2D eigenvalue weighted by Crippen LogP contribution is 2.45. The van der Waals surface area contributed by atoms with Gasteiger partial charge in [0.15, 0.2) is 0 Å². The van der Waals surface area contributed by atoms with Gasteiger partial charge < -0.3 is 10.2 Å². The van der Waals surface area contributed by atoms with E-state index in [2.05, 4.69) is 0 Å². The van der Waals surface area contributed by atoms with Crippen molar-refractivity contribution in [2.45, 2.75) is 44.4 Å². The molecule has 0 amide bonds. The van der Waals surface area contributed by atoms with Crippen LogP contribution in [-0.2, 0) is 5.41 Å². The number of carboxylic acids is 1. The van der Waals surface area contributed by atoms with Crippen molar-refractivity contribution < 1.29 is 23.8 Å². The molecule has 1 fully saturated rings. The summed E-state index contributed by atoms with van der Waals surface area (Å²) in [6.45, 7) is 2.00. The third-order valence-corrected chi connectivity index (χ3v) is 5.19. The Bertz CT molecular complexity index is 824. The summed E-state index contributed by atoms with van der Waals surface area (Å²) in [7, 11) is 0. The first-order valence-corrected chi connectivity index (χ1v) is 8.38. The number of hydrogen-bond acceptors (Lipinski definition) is 2. The normalized spacial score (nSPS) is 16.6.